The van der Waals surface area contributed by atoms with E-state index in [1.807, 2.05) is 44.2 Å². The largest absolute Gasteiger partial charge is 0.334 e. The fourth-order valence-electron chi connectivity index (χ4n) is 2.09. The second-order valence-electron chi connectivity index (χ2n) is 5.46. The average molecular weight is 346 g/mol. The second-order valence-corrected chi connectivity index (χ2v) is 5.89. The van der Waals surface area contributed by atoms with Crippen LogP contribution in [0.3, 0.4) is 0 Å². The van der Waals surface area contributed by atoms with Crippen LogP contribution in [0.2, 0.25) is 5.02 Å². The summed E-state index contributed by atoms with van der Waals surface area (Å²) in [6.07, 6.45) is 0. The SMILES string of the molecule is Cc1cccc(NC(=O)CNC(=O)NCc2ccc(Cl)cc2)c1C. The maximum Gasteiger partial charge on any atom is 0.315 e. The van der Waals surface area contributed by atoms with Gasteiger partial charge in [0.1, 0.15) is 0 Å². The maximum atomic E-state index is 11.9. The quantitative estimate of drug-likeness (QED) is 0.777. The van der Waals surface area contributed by atoms with Crippen molar-refractivity contribution in [3.05, 3.63) is 64.2 Å². The van der Waals surface area contributed by atoms with Crippen LogP contribution in [-0.4, -0.2) is 18.5 Å². The van der Waals surface area contributed by atoms with Gasteiger partial charge in [0.15, 0.2) is 0 Å². The van der Waals surface area contributed by atoms with Gasteiger partial charge in [-0.25, -0.2) is 4.79 Å². The number of hydrogen-bond acceptors (Lipinski definition) is 2. The Kier molecular flexibility index (Phi) is 6.21. The molecule has 0 spiro atoms. The molecule has 0 saturated carbocycles. The van der Waals surface area contributed by atoms with E-state index in [-0.39, 0.29) is 12.5 Å². The van der Waals surface area contributed by atoms with E-state index in [1.165, 1.54) is 0 Å². The predicted octanol–water partition coefficient (Wildman–Crippen LogP) is 3.39. The van der Waals surface area contributed by atoms with Crippen molar-refractivity contribution in [2.75, 3.05) is 11.9 Å². The van der Waals surface area contributed by atoms with Crippen LogP contribution >= 0.6 is 11.6 Å². The first kappa shape index (κ1) is 17.8. The maximum absolute atomic E-state index is 11.9. The van der Waals surface area contributed by atoms with E-state index in [9.17, 15) is 9.59 Å². The number of amides is 3. The molecule has 0 heterocycles. The highest BCUT2D eigenvalue weighted by molar-refractivity contribution is 6.30. The summed E-state index contributed by atoms with van der Waals surface area (Å²) in [5, 5.41) is 8.65. The molecule has 2 aromatic rings. The first-order chi connectivity index (χ1) is 11.5. The standard InChI is InChI=1S/C18H20ClN3O2/c1-12-4-3-5-16(13(12)2)22-17(23)11-21-18(24)20-10-14-6-8-15(19)9-7-14/h3-9H,10-11H2,1-2H3,(H,22,23)(H2,20,21,24). The summed E-state index contributed by atoms with van der Waals surface area (Å²) in [6, 6.07) is 12.5. The number of anilines is 1. The van der Waals surface area contributed by atoms with Crippen LogP contribution in [0, 0.1) is 13.8 Å². The fraction of sp³-hybridized carbons (Fsp3) is 0.222. The van der Waals surface area contributed by atoms with Crippen LogP contribution in [0.15, 0.2) is 42.5 Å². The molecule has 6 heteroatoms. The molecule has 0 saturated heterocycles. The molecule has 3 N–H and O–H groups in total. The van der Waals surface area contributed by atoms with Gasteiger partial charge < -0.3 is 16.0 Å². The van der Waals surface area contributed by atoms with Gasteiger partial charge in [0.25, 0.3) is 0 Å². The Morgan fingerprint density at radius 1 is 1.00 bits per heavy atom. The molecule has 0 fully saturated rings. The molecular weight excluding hydrogens is 326 g/mol. The molecule has 2 rings (SSSR count). The van der Waals surface area contributed by atoms with Crippen molar-refractivity contribution in [3.8, 4) is 0 Å². The first-order valence-electron chi connectivity index (χ1n) is 7.58. The molecule has 0 radical (unpaired) electrons. The van der Waals surface area contributed by atoms with Crippen molar-refractivity contribution >= 4 is 29.2 Å². The summed E-state index contributed by atoms with van der Waals surface area (Å²) in [6.45, 7) is 4.19. The highest BCUT2D eigenvalue weighted by atomic mass is 35.5. The third kappa shape index (κ3) is 5.28. The molecule has 5 nitrogen and oxygen atoms in total. The van der Waals surface area contributed by atoms with Crippen molar-refractivity contribution < 1.29 is 9.59 Å². The van der Waals surface area contributed by atoms with Crippen LogP contribution in [0.25, 0.3) is 0 Å². The summed E-state index contributed by atoms with van der Waals surface area (Å²) in [7, 11) is 0. The van der Waals surface area contributed by atoms with Crippen LogP contribution in [-0.2, 0) is 11.3 Å². The van der Waals surface area contributed by atoms with Gasteiger partial charge in [0, 0.05) is 17.3 Å². The molecule has 0 aliphatic rings. The van der Waals surface area contributed by atoms with E-state index in [4.69, 9.17) is 11.6 Å². The minimum absolute atomic E-state index is 0.0974. The van der Waals surface area contributed by atoms with E-state index >= 15 is 0 Å². The number of carbonyl (C=O) groups is 2. The highest BCUT2D eigenvalue weighted by Crippen LogP contribution is 2.17. The van der Waals surface area contributed by atoms with Crippen LogP contribution in [0.4, 0.5) is 10.5 Å². The minimum Gasteiger partial charge on any atom is -0.334 e. The molecular formula is C18H20ClN3O2. The van der Waals surface area contributed by atoms with E-state index in [1.54, 1.807) is 12.1 Å². The molecule has 24 heavy (non-hydrogen) atoms. The van der Waals surface area contributed by atoms with Gasteiger partial charge in [0.2, 0.25) is 5.91 Å². The van der Waals surface area contributed by atoms with E-state index in [0.29, 0.717) is 11.6 Å². The van der Waals surface area contributed by atoms with Crippen molar-refractivity contribution in [2.24, 2.45) is 0 Å². The number of benzene rings is 2. The third-order valence-electron chi connectivity index (χ3n) is 3.65. The Morgan fingerprint density at radius 3 is 2.42 bits per heavy atom. The van der Waals surface area contributed by atoms with Crippen molar-refractivity contribution in [1.29, 1.82) is 0 Å². The normalized spacial score (nSPS) is 10.1. The molecule has 0 unspecified atom stereocenters. The van der Waals surface area contributed by atoms with Crippen molar-refractivity contribution in [2.45, 2.75) is 20.4 Å². The van der Waals surface area contributed by atoms with E-state index < -0.39 is 6.03 Å². The number of urea groups is 1. The van der Waals surface area contributed by atoms with Crippen LogP contribution in [0.5, 0.6) is 0 Å². The predicted molar refractivity (Wildman–Crippen MR) is 96.2 cm³/mol. The summed E-state index contributed by atoms with van der Waals surface area (Å²) < 4.78 is 0. The van der Waals surface area contributed by atoms with Gasteiger partial charge in [-0.2, -0.15) is 0 Å². The van der Waals surface area contributed by atoms with Crippen molar-refractivity contribution in [1.82, 2.24) is 10.6 Å². The van der Waals surface area contributed by atoms with E-state index in [2.05, 4.69) is 16.0 Å². The van der Waals surface area contributed by atoms with Gasteiger partial charge in [-0.3, -0.25) is 4.79 Å². The average Bonchev–Trinajstić information content (AvgIpc) is 2.56. The molecule has 126 valence electrons. The zero-order valence-electron chi connectivity index (χ0n) is 13.7. The number of rotatable bonds is 5. The Morgan fingerprint density at radius 2 is 1.71 bits per heavy atom. The first-order valence-corrected chi connectivity index (χ1v) is 7.95. The number of carbonyl (C=O) groups excluding carboxylic acids is 2. The monoisotopic (exact) mass is 345 g/mol. The Balaban J connectivity index is 1.75. The second kappa shape index (κ2) is 8.36. The molecule has 2 aromatic carbocycles. The lowest BCUT2D eigenvalue weighted by Gasteiger charge is -2.11. The molecule has 0 bridgehead atoms. The van der Waals surface area contributed by atoms with Gasteiger partial charge in [-0.05, 0) is 48.7 Å². The van der Waals surface area contributed by atoms with Crippen LogP contribution in [0.1, 0.15) is 16.7 Å². The number of hydrogen-bond donors (Lipinski definition) is 3. The molecule has 0 atom stereocenters. The number of halogens is 1. The number of aryl methyl sites for hydroxylation is 1. The molecule has 0 aliphatic heterocycles. The fourth-order valence-corrected chi connectivity index (χ4v) is 2.21. The summed E-state index contributed by atoms with van der Waals surface area (Å²) in [5.41, 5.74) is 3.79. The topological polar surface area (TPSA) is 70.2 Å². The Hall–Kier alpha value is -2.53. The van der Waals surface area contributed by atoms with Gasteiger partial charge >= 0.3 is 6.03 Å². The van der Waals surface area contributed by atoms with Gasteiger partial charge in [-0.1, -0.05) is 35.9 Å². The number of nitrogens with one attached hydrogen (secondary N) is 3. The molecule has 3 amide bonds. The Labute approximate surface area is 146 Å². The van der Waals surface area contributed by atoms with Crippen molar-refractivity contribution in [3.63, 3.8) is 0 Å². The molecule has 0 aromatic heterocycles. The third-order valence-corrected chi connectivity index (χ3v) is 3.91. The lowest BCUT2D eigenvalue weighted by Crippen LogP contribution is -2.39. The van der Waals surface area contributed by atoms with E-state index in [0.717, 1.165) is 22.4 Å². The summed E-state index contributed by atoms with van der Waals surface area (Å²) in [5.74, 6) is -0.273. The minimum atomic E-state index is -0.402. The van der Waals surface area contributed by atoms with Crippen LogP contribution < -0.4 is 16.0 Å². The smallest absolute Gasteiger partial charge is 0.315 e. The zero-order chi connectivity index (χ0) is 17.5. The van der Waals surface area contributed by atoms with Gasteiger partial charge in [-0.15, -0.1) is 0 Å². The highest BCUT2D eigenvalue weighted by Gasteiger charge is 2.08. The summed E-state index contributed by atoms with van der Waals surface area (Å²) in [4.78, 5) is 23.7. The Bertz CT molecular complexity index is 730. The molecule has 0 aliphatic carbocycles. The van der Waals surface area contributed by atoms with Gasteiger partial charge in [0.05, 0.1) is 6.54 Å². The summed E-state index contributed by atoms with van der Waals surface area (Å²) >= 11 is 5.80. The zero-order valence-corrected chi connectivity index (χ0v) is 14.4. The lowest BCUT2D eigenvalue weighted by atomic mass is 10.1. The lowest BCUT2D eigenvalue weighted by molar-refractivity contribution is -0.115.